The van der Waals surface area contributed by atoms with Crippen molar-refractivity contribution in [1.82, 2.24) is 0 Å². The number of benzene rings is 1. The normalized spacial score (nSPS) is 19.8. The fourth-order valence-corrected chi connectivity index (χ4v) is 3.55. The molecule has 0 aliphatic carbocycles. The summed E-state index contributed by atoms with van der Waals surface area (Å²) in [4.78, 5) is 12.1. The zero-order valence-electron chi connectivity index (χ0n) is 21.5. The molecule has 0 fully saturated rings. The van der Waals surface area contributed by atoms with Gasteiger partial charge in [0.05, 0.1) is 37.8 Å². The summed E-state index contributed by atoms with van der Waals surface area (Å²) in [5.74, 6) is 0.532. The average molecular weight is 475 g/mol. The molecule has 3 atom stereocenters. The number of hydrogen-bond donors (Lipinski definition) is 0. The van der Waals surface area contributed by atoms with E-state index in [9.17, 15) is 4.79 Å². The van der Waals surface area contributed by atoms with Crippen LogP contribution in [0.5, 0.6) is 11.5 Å². The van der Waals surface area contributed by atoms with E-state index < -0.39 is 17.2 Å². The highest BCUT2D eigenvalue weighted by atomic mass is 16.6. The standard InChI is InChI=1S/C27H38O7/c1-10-26(3,4)34-24-17-32-22-14-12-19(15-23(22)33-27(24,5)6)11-13-21(30-8)18(2)20(16-29-7)25(28)31-9/h10-16,18,21,24H,1,17H2,2-9H3/t18-,21-,24-/m0/s1. The molecule has 1 aromatic carbocycles. The molecule has 188 valence electrons. The van der Waals surface area contributed by atoms with Gasteiger partial charge in [-0.05, 0) is 45.4 Å². The van der Waals surface area contributed by atoms with Gasteiger partial charge in [-0.2, -0.15) is 0 Å². The minimum absolute atomic E-state index is 0.292. The van der Waals surface area contributed by atoms with Crippen LogP contribution in [0.15, 0.2) is 48.8 Å². The molecule has 0 bridgehead atoms. The van der Waals surface area contributed by atoms with E-state index in [1.807, 2.05) is 65.0 Å². The zero-order valence-corrected chi connectivity index (χ0v) is 21.5. The van der Waals surface area contributed by atoms with Gasteiger partial charge in [0.1, 0.15) is 18.3 Å². The maximum atomic E-state index is 12.1. The van der Waals surface area contributed by atoms with Gasteiger partial charge in [0, 0.05) is 13.0 Å². The molecule has 0 radical (unpaired) electrons. The van der Waals surface area contributed by atoms with Gasteiger partial charge in [0.25, 0.3) is 0 Å². The summed E-state index contributed by atoms with van der Waals surface area (Å²) in [5.41, 5.74) is 0.146. The van der Waals surface area contributed by atoms with E-state index in [1.54, 1.807) is 13.2 Å². The Bertz CT molecular complexity index is 914. The van der Waals surface area contributed by atoms with Crippen LogP contribution in [0.25, 0.3) is 6.08 Å². The maximum absolute atomic E-state index is 12.1. The van der Waals surface area contributed by atoms with Gasteiger partial charge in [-0.15, -0.1) is 6.58 Å². The number of methoxy groups -OCH3 is 3. The quantitative estimate of drug-likeness (QED) is 0.206. The van der Waals surface area contributed by atoms with Gasteiger partial charge in [-0.3, -0.25) is 0 Å². The van der Waals surface area contributed by atoms with Crippen LogP contribution in [-0.4, -0.2) is 57.3 Å². The summed E-state index contributed by atoms with van der Waals surface area (Å²) < 4.78 is 34.1. The lowest BCUT2D eigenvalue weighted by atomic mass is 9.95. The van der Waals surface area contributed by atoms with Crippen molar-refractivity contribution in [3.05, 3.63) is 54.3 Å². The number of ether oxygens (including phenoxy) is 6. The van der Waals surface area contributed by atoms with Gasteiger partial charge in [0.15, 0.2) is 11.5 Å². The first-order chi connectivity index (χ1) is 16.0. The van der Waals surface area contributed by atoms with Crippen LogP contribution in [-0.2, 0) is 23.7 Å². The molecule has 0 amide bonds. The molecule has 34 heavy (non-hydrogen) atoms. The van der Waals surface area contributed by atoms with E-state index in [0.717, 1.165) is 5.56 Å². The Balaban J connectivity index is 2.25. The Morgan fingerprint density at radius 1 is 1.24 bits per heavy atom. The fraction of sp³-hybridized carbons (Fsp3) is 0.519. The lowest BCUT2D eigenvalue weighted by molar-refractivity contribution is -0.137. The van der Waals surface area contributed by atoms with Crippen LogP contribution < -0.4 is 9.47 Å². The lowest BCUT2D eigenvalue weighted by Gasteiger charge is -2.36. The largest absolute Gasteiger partial charge is 0.504 e. The molecule has 1 aliphatic rings. The van der Waals surface area contributed by atoms with Crippen LogP contribution in [0.3, 0.4) is 0 Å². The van der Waals surface area contributed by atoms with Gasteiger partial charge >= 0.3 is 5.97 Å². The minimum Gasteiger partial charge on any atom is -0.504 e. The third kappa shape index (κ3) is 6.87. The molecule has 0 aromatic heterocycles. The first-order valence-electron chi connectivity index (χ1n) is 11.3. The van der Waals surface area contributed by atoms with E-state index in [1.165, 1.54) is 20.5 Å². The molecule has 0 unspecified atom stereocenters. The van der Waals surface area contributed by atoms with Crippen molar-refractivity contribution in [1.29, 1.82) is 0 Å². The average Bonchev–Trinajstić information content (AvgIpc) is 2.91. The van der Waals surface area contributed by atoms with Crippen LogP contribution in [0.1, 0.15) is 40.2 Å². The van der Waals surface area contributed by atoms with Crippen LogP contribution in [0.4, 0.5) is 0 Å². The summed E-state index contributed by atoms with van der Waals surface area (Å²) in [6.07, 6.45) is 6.28. The Kier molecular flexibility index (Phi) is 9.36. The topological polar surface area (TPSA) is 72.5 Å². The monoisotopic (exact) mass is 474 g/mol. The Morgan fingerprint density at radius 3 is 2.53 bits per heavy atom. The Labute approximate surface area is 203 Å². The third-order valence-electron chi connectivity index (χ3n) is 5.84. The lowest BCUT2D eigenvalue weighted by Crippen LogP contribution is -2.49. The highest BCUT2D eigenvalue weighted by Crippen LogP contribution is 2.37. The summed E-state index contributed by atoms with van der Waals surface area (Å²) in [5, 5.41) is 0. The highest BCUT2D eigenvalue weighted by molar-refractivity contribution is 5.88. The minimum atomic E-state index is -0.627. The highest BCUT2D eigenvalue weighted by Gasteiger charge is 2.39. The summed E-state index contributed by atoms with van der Waals surface area (Å²) >= 11 is 0. The molecule has 7 heteroatoms. The molecule has 1 heterocycles. The smallest absolute Gasteiger partial charge is 0.337 e. The van der Waals surface area contributed by atoms with Gasteiger partial charge in [-0.1, -0.05) is 31.2 Å². The number of esters is 1. The van der Waals surface area contributed by atoms with Crippen LogP contribution in [0, 0.1) is 5.92 Å². The van der Waals surface area contributed by atoms with Gasteiger partial charge < -0.3 is 28.4 Å². The second-order valence-electron chi connectivity index (χ2n) is 9.29. The van der Waals surface area contributed by atoms with E-state index in [2.05, 4.69) is 6.58 Å². The number of carbonyl (C=O) groups is 1. The zero-order chi connectivity index (χ0) is 25.5. The summed E-state index contributed by atoms with van der Waals surface area (Å²) in [6.45, 7) is 14.0. The second kappa shape index (κ2) is 11.6. The molecule has 0 N–H and O–H groups in total. The van der Waals surface area contributed by atoms with Crippen LogP contribution >= 0.6 is 0 Å². The van der Waals surface area contributed by atoms with Crippen molar-refractivity contribution >= 4 is 12.0 Å². The molecule has 2 rings (SSSR count). The predicted octanol–water partition coefficient (Wildman–Crippen LogP) is 4.95. The summed E-state index contributed by atoms with van der Waals surface area (Å²) in [7, 11) is 4.42. The van der Waals surface area contributed by atoms with E-state index in [-0.39, 0.29) is 18.1 Å². The number of fused-ring (bicyclic) bond motifs is 1. The van der Waals surface area contributed by atoms with Crippen LogP contribution in [0.2, 0.25) is 0 Å². The first kappa shape index (κ1) is 27.5. The van der Waals surface area contributed by atoms with Crippen molar-refractivity contribution < 1.29 is 33.2 Å². The molecule has 0 saturated heterocycles. The first-order valence-corrected chi connectivity index (χ1v) is 11.3. The molecule has 1 aromatic rings. The fourth-order valence-electron chi connectivity index (χ4n) is 3.55. The predicted molar refractivity (Wildman–Crippen MR) is 132 cm³/mol. The van der Waals surface area contributed by atoms with Crippen molar-refractivity contribution in [3.8, 4) is 11.5 Å². The molecular formula is C27H38O7. The van der Waals surface area contributed by atoms with E-state index in [0.29, 0.717) is 23.7 Å². The molecular weight excluding hydrogens is 436 g/mol. The van der Waals surface area contributed by atoms with Gasteiger partial charge in [-0.25, -0.2) is 4.79 Å². The summed E-state index contributed by atoms with van der Waals surface area (Å²) in [6, 6.07) is 5.73. The Morgan fingerprint density at radius 2 is 1.94 bits per heavy atom. The molecule has 0 spiro atoms. The molecule has 1 aliphatic heterocycles. The van der Waals surface area contributed by atoms with Crippen molar-refractivity contribution in [2.45, 2.75) is 58.0 Å². The number of hydrogen-bond acceptors (Lipinski definition) is 7. The molecule has 0 saturated carbocycles. The maximum Gasteiger partial charge on any atom is 0.337 e. The van der Waals surface area contributed by atoms with Crippen molar-refractivity contribution in [3.63, 3.8) is 0 Å². The Hall–Kier alpha value is -2.77. The molecule has 7 nitrogen and oxygen atoms in total. The van der Waals surface area contributed by atoms with Gasteiger partial charge in [0.2, 0.25) is 0 Å². The third-order valence-corrected chi connectivity index (χ3v) is 5.84. The van der Waals surface area contributed by atoms with E-state index in [4.69, 9.17) is 28.4 Å². The second-order valence-corrected chi connectivity index (χ2v) is 9.29. The number of carbonyl (C=O) groups excluding carboxylic acids is 1. The van der Waals surface area contributed by atoms with E-state index >= 15 is 0 Å². The SMILES string of the molecule is C=CC(C)(C)O[C@H]1COc2ccc(C=C[C@H](OC)[C@@H](C)C(=COC)C(=O)OC)cc2OC1(C)C. The van der Waals surface area contributed by atoms with Crippen molar-refractivity contribution in [2.75, 3.05) is 27.9 Å². The number of rotatable bonds is 10. The van der Waals surface area contributed by atoms with Crippen molar-refractivity contribution in [2.24, 2.45) is 5.92 Å².